The fourth-order valence-electron chi connectivity index (χ4n) is 5.92. The van der Waals surface area contributed by atoms with Gasteiger partial charge in [0.15, 0.2) is 0 Å². The van der Waals surface area contributed by atoms with E-state index in [9.17, 15) is 19.2 Å². The van der Waals surface area contributed by atoms with Gasteiger partial charge >= 0.3 is 0 Å². The molecule has 240 valence electrons. The molecule has 2 aromatic carbocycles. The highest BCUT2D eigenvalue weighted by atomic mass is 16.5. The van der Waals surface area contributed by atoms with Crippen molar-refractivity contribution in [2.24, 2.45) is 0 Å². The Kier molecular flexibility index (Phi) is 10.9. The number of amides is 4. The number of nitrogens with one attached hydrogen (secondary N) is 3. The molecule has 3 N–H and O–H groups in total. The average Bonchev–Trinajstić information content (AvgIpc) is 3.82. The lowest BCUT2D eigenvalue weighted by Crippen LogP contribution is -2.47. The van der Waals surface area contributed by atoms with Crippen molar-refractivity contribution in [2.45, 2.75) is 64.5 Å². The number of H-pyrrole nitrogens is 1. The first-order chi connectivity index (χ1) is 21.9. The van der Waals surface area contributed by atoms with E-state index in [1.54, 1.807) is 4.90 Å². The van der Waals surface area contributed by atoms with Crippen LogP contribution in [0.15, 0.2) is 48.5 Å². The molecule has 0 bridgehead atoms. The number of ether oxygens (including phenoxy) is 2. The fraction of sp³-hybridized carbons (Fsp3) is 0.471. The normalized spacial score (nSPS) is 17.9. The number of carbonyl (C=O) groups is 4. The highest BCUT2D eigenvalue weighted by Gasteiger charge is 2.38. The largest absolute Gasteiger partial charge is 0.372 e. The molecular weight excluding hydrogens is 574 g/mol. The molecule has 11 heteroatoms. The zero-order chi connectivity index (χ0) is 31.8. The summed E-state index contributed by atoms with van der Waals surface area (Å²) in [5.74, 6) is -0.721. The number of hydrogen-bond acceptors (Lipinski definition) is 6. The van der Waals surface area contributed by atoms with Crippen LogP contribution in [0.1, 0.15) is 52.4 Å². The van der Waals surface area contributed by atoms with Gasteiger partial charge in [-0.3, -0.25) is 19.2 Å². The first-order valence-corrected chi connectivity index (χ1v) is 16.0. The van der Waals surface area contributed by atoms with Gasteiger partial charge in [-0.1, -0.05) is 26.0 Å². The minimum absolute atomic E-state index is 0.0233. The zero-order valence-electron chi connectivity index (χ0n) is 26.1. The lowest BCUT2D eigenvalue weighted by Gasteiger charge is -2.26. The Balaban J connectivity index is 1.18. The summed E-state index contributed by atoms with van der Waals surface area (Å²) in [4.78, 5) is 57.9. The number of aromatic nitrogens is 1. The first-order valence-electron chi connectivity index (χ1n) is 16.0. The number of benzene rings is 2. The summed E-state index contributed by atoms with van der Waals surface area (Å²) in [5.41, 5.74) is 4.04. The van der Waals surface area contributed by atoms with Gasteiger partial charge < -0.3 is 34.9 Å². The van der Waals surface area contributed by atoms with Crippen LogP contribution in [0.2, 0.25) is 0 Å². The Labute approximate surface area is 263 Å². The number of nitrogens with zero attached hydrogens (tertiary/aromatic N) is 2. The Morgan fingerprint density at radius 2 is 1.78 bits per heavy atom. The fourth-order valence-corrected chi connectivity index (χ4v) is 5.92. The van der Waals surface area contributed by atoms with E-state index in [1.807, 2.05) is 62.4 Å². The SMILES string of the molecule is CCCOCC(=O)N(CCC)CC(=O)Nc1ccc(-c2cc3cc(NC(=O)[C@@H]4CCCN4C(=O)[C@@H]4CCCO4)ccc3[nH]2)cc1. The second kappa shape index (κ2) is 15.2. The molecule has 1 aromatic heterocycles. The second-order valence-corrected chi connectivity index (χ2v) is 11.7. The van der Waals surface area contributed by atoms with Crippen molar-refractivity contribution in [2.75, 3.05) is 50.1 Å². The van der Waals surface area contributed by atoms with Gasteiger partial charge in [-0.05, 0) is 80.5 Å². The van der Waals surface area contributed by atoms with Gasteiger partial charge in [0.25, 0.3) is 5.91 Å². The van der Waals surface area contributed by atoms with Crippen LogP contribution in [0.4, 0.5) is 11.4 Å². The maximum Gasteiger partial charge on any atom is 0.252 e. The summed E-state index contributed by atoms with van der Waals surface area (Å²) in [6.45, 7) is 6.05. The Morgan fingerprint density at radius 3 is 2.51 bits per heavy atom. The van der Waals surface area contributed by atoms with Crippen LogP contribution >= 0.6 is 0 Å². The molecule has 3 aromatic rings. The van der Waals surface area contributed by atoms with Gasteiger partial charge in [-0.25, -0.2) is 0 Å². The third kappa shape index (κ3) is 8.09. The summed E-state index contributed by atoms with van der Waals surface area (Å²) >= 11 is 0. The minimum Gasteiger partial charge on any atom is -0.372 e. The number of aromatic amines is 1. The van der Waals surface area contributed by atoms with Gasteiger partial charge in [0.2, 0.25) is 17.7 Å². The van der Waals surface area contributed by atoms with Crippen molar-refractivity contribution >= 4 is 45.9 Å². The van der Waals surface area contributed by atoms with Crippen LogP contribution in [0.5, 0.6) is 0 Å². The summed E-state index contributed by atoms with van der Waals surface area (Å²) in [5, 5.41) is 6.82. The Hall–Kier alpha value is -4.22. The molecule has 0 aliphatic carbocycles. The van der Waals surface area contributed by atoms with Gasteiger partial charge in [-0.2, -0.15) is 0 Å². The summed E-state index contributed by atoms with van der Waals surface area (Å²) in [6.07, 6.45) is 4.16. The van der Waals surface area contributed by atoms with E-state index >= 15 is 0 Å². The van der Waals surface area contributed by atoms with Crippen molar-refractivity contribution < 1.29 is 28.7 Å². The van der Waals surface area contributed by atoms with E-state index in [-0.39, 0.29) is 36.8 Å². The predicted molar refractivity (Wildman–Crippen MR) is 173 cm³/mol. The van der Waals surface area contributed by atoms with Gasteiger partial charge in [0.1, 0.15) is 18.8 Å². The van der Waals surface area contributed by atoms with Gasteiger partial charge in [-0.15, -0.1) is 0 Å². The predicted octanol–water partition coefficient (Wildman–Crippen LogP) is 4.55. The maximum absolute atomic E-state index is 13.2. The molecule has 2 fully saturated rings. The van der Waals surface area contributed by atoms with Crippen LogP contribution in [-0.4, -0.2) is 90.0 Å². The molecule has 2 aliphatic heterocycles. The molecule has 3 heterocycles. The van der Waals surface area contributed by atoms with Crippen LogP contribution in [-0.2, 0) is 28.7 Å². The van der Waals surface area contributed by atoms with Gasteiger partial charge in [0, 0.05) is 54.3 Å². The van der Waals surface area contributed by atoms with E-state index in [1.165, 1.54) is 4.90 Å². The monoisotopic (exact) mass is 617 g/mol. The molecule has 2 atom stereocenters. The molecule has 45 heavy (non-hydrogen) atoms. The van der Waals surface area contributed by atoms with Crippen LogP contribution in [0.3, 0.4) is 0 Å². The van der Waals surface area contributed by atoms with Crippen LogP contribution in [0.25, 0.3) is 22.2 Å². The smallest absolute Gasteiger partial charge is 0.252 e. The van der Waals surface area contributed by atoms with Crippen molar-refractivity contribution in [3.63, 3.8) is 0 Å². The molecule has 0 unspecified atom stereocenters. The van der Waals surface area contributed by atoms with E-state index in [0.29, 0.717) is 50.5 Å². The average molecular weight is 618 g/mol. The molecule has 11 nitrogen and oxygen atoms in total. The lowest BCUT2D eigenvalue weighted by atomic mass is 10.1. The number of rotatable bonds is 13. The number of carbonyl (C=O) groups excluding carboxylic acids is 4. The standard InChI is InChI=1S/C34H43N5O6/c1-3-15-38(32(41)22-44-17-4-2)21-31(40)35-25-11-9-23(10-12-25)28-20-24-19-26(13-14-27(24)37-28)36-33(42)29-7-5-16-39(29)34(43)30-8-6-18-45-30/h9-14,19-20,29-30,37H,3-8,15-18,21-22H2,1-2H3,(H,35,40)(H,36,42)/t29-,30-/m0/s1. The molecule has 0 spiro atoms. The number of anilines is 2. The van der Waals surface area contributed by atoms with Crippen LogP contribution < -0.4 is 10.6 Å². The molecule has 5 rings (SSSR count). The van der Waals surface area contributed by atoms with Crippen molar-refractivity contribution in [1.82, 2.24) is 14.8 Å². The molecule has 4 amide bonds. The second-order valence-electron chi connectivity index (χ2n) is 11.7. The molecule has 0 radical (unpaired) electrons. The Bertz CT molecular complexity index is 1500. The lowest BCUT2D eigenvalue weighted by molar-refractivity contribution is -0.144. The van der Waals surface area contributed by atoms with E-state index in [0.717, 1.165) is 47.8 Å². The highest BCUT2D eigenvalue weighted by molar-refractivity contribution is 6.00. The molecular formula is C34H43N5O6. The van der Waals surface area contributed by atoms with Crippen molar-refractivity contribution in [3.8, 4) is 11.3 Å². The topological polar surface area (TPSA) is 133 Å². The summed E-state index contributed by atoms with van der Waals surface area (Å²) < 4.78 is 10.9. The number of hydrogen-bond donors (Lipinski definition) is 3. The van der Waals surface area contributed by atoms with Crippen molar-refractivity contribution in [1.29, 1.82) is 0 Å². The first kappa shape index (κ1) is 32.2. The minimum atomic E-state index is -0.492. The Morgan fingerprint density at radius 1 is 0.978 bits per heavy atom. The van der Waals surface area contributed by atoms with E-state index in [4.69, 9.17) is 9.47 Å². The molecule has 2 aliphatic rings. The highest BCUT2D eigenvalue weighted by Crippen LogP contribution is 2.28. The van der Waals surface area contributed by atoms with Crippen molar-refractivity contribution in [3.05, 3.63) is 48.5 Å². The van der Waals surface area contributed by atoms with E-state index < -0.39 is 12.1 Å². The summed E-state index contributed by atoms with van der Waals surface area (Å²) in [7, 11) is 0. The third-order valence-corrected chi connectivity index (χ3v) is 8.17. The number of fused-ring (bicyclic) bond motifs is 1. The third-order valence-electron chi connectivity index (χ3n) is 8.17. The quantitative estimate of drug-likeness (QED) is 0.241. The van der Waals surface area contributed by atoms with Gasteiger partial charge in [0.05, 0.1) is 6.54 Å². The number of likely N-dealkylation sites (tertiary alicyclic amines) is 1. The maximum atomic E-state index is 13.2. The van der Waals surface area contributed by atoms with E-state index in [2.05, 4.69) is 15.6 Å². The molecule has 2 saturated heterocycles. The van der Waals surface area contributed by atoms with Crippen LogP contribution in [0, 0.1) is 0 Å². The zero-order valence-corrected chi connectivity index (χ0v) is 26.1. The summed E-state index contributed by atoms with van der Waals surface area (Å²) in [6, 6.07) is 14.7. The molecule has 0 saturated carbocycles.